The Labute approximate surface area is 127 Å². The SMILES string of the molecule is CCCCOc1ccc(C(=O)N2CCC(C)C(N)C2)cc1. The zero-order valence-electron chi connectivity index (χ0n) is 13.0. The van der Waals surface area contributed by atoms with Gasteiger partial charge in [-0.05, 0) is 43.0 Å². The van der Waals surface area contributed by atoms with Crippen LogP contribution in [0.4, 0.5) is 0 Å². The van der Waals surface area contributed by atoms with Gasteiger partial charge >= 0.3 is 0 Å². The third-order valence-corrected chi connectivity index (χ3v) is 4.17. The number of hydrogen-bond donors (Lipinski definition) is 1. The summed E-state index contributed by atoms with van der Waals surface area (Å²) in [5.41, 5.74) is 6.77. The third-order valence-electron chi connectivity index (χ3n) is 4.17. The van der Waals surface area contributed by atoms with Crippen LogP contribution in [0.15, 0.2) is 24.3 Å². The summed E-state index contributed by atoms with van der Waals surface area (Å²) >= 11 is 0. The van der Waals surface area contributed by atoms with Gasteiger partial charge in [-0.25, -0.2) is 0 Å². The summed E-state index contributed by atoms with van der Waals surface area (Å²) in [6.45, 7) is 6.45. The zero-order chi connectivity index (χ0) is 15.2. The van der Waals surface area contributed by atoms with Crippen molar-refractivity contribution in [2.75, 3.05) is 19.7 Å². The fourth-order valence-corrected chi connectivity index (χ4v) is 2.49. The second-order valence-electron chi connectivity index (χ2n) is 5.91. The van der Waals surface area contributed by atoms with Gasteiger partial charge in [0.25, 0.3) is 5.91 Å². The van der Waals surface area contributed by atoms with Gasteiger partial charge in [0, 0.05) is 24.7 Å². The molecule has 1 aliphatic rings. The molecule has 2 N–H and O–H groups in total. The first-order valence-corrected chi connectivity index (χ1v) is 7.89. The molecule has 2 atom stereocenters. The molecule has 0 aliphatic carbocycles. The number of amides is 1. The molecule has 4 nitrogen and oxygen atoms in total. The van der Waals surface area contributed by atoms with E-state index in [9.17, 15) is 4.79 Å². The van der Waals surface area contributed by atoms with E-state index < -0.39 is 0 Å². The van der Waals surface area contributed by atoms with Gasteiger partial charge in [-0.15, -0.1) is 0 Å². The van der Waals surface area contributed by atoms with Gasteiger partial charge < -0.3 is 15.4 Å². The van der Waals surface area contributed by atoms with Gasteiger partial charge in [-0.3, -0.25) is 4.79 Å². The molecule has 1 heterocycles. The van der Waals surface area contributed by atoms with E-state index in [1.165, 1.54) is 0 Å². The number of unbranched alkanes of at least 4 members (excludes halogenated alkanes) is 1. The van der Waals surface area contributed by atoms with Gasteiger partial charge in [-0.1, -0.05) is 20.3 Å². The predicted octanol–water partition coefficient (Wildman–Crippen LogP) is 2.67. The fourth-order valence-electron chi connectivity index (χ4n) is 2.49. The number of nitrogens with zero attached hydrogens (tertiary/aromatic N) is 1. The van der Waals surface area contributed by atoms with Crippen LogP contribution in [0.2, 0.25) is 0 Å². The molecule has 0 saturated carbocycles. The van der Waals surface area contributed by atoms with E-state index in [2.05, 4.69) is 13.8 Å². The minimum Gasteiger partial charge on any atom is -0.494 e. The number of benzene rings is 1. The molecular formula is C17H26N2O2. The second-order valence-corrected chi connectivity index (χ2v) is 5.91. The van der Waals surface area contributed by atoms with Crippen molar-refractivity contribution in [3.63, 3.8) is 0 Å². The first kappa shape index (κ1) is 15.8. The average molecular weight is 290 g/mol. The molecule has 1 amide bonds. The quantitative estimate of drug-likeness (QED) is 0.848. The van der Waals surface area contributed by atoms with Crippen molar-refractivity contribution >= 4 is 5.91 Å². The Bertz CT molecular complexity index is 458. The summed E-state index contributed by atoms with van der Waals surface area (Å²) in [5.74, 6) is 1.38. The Morgan fingerprint density at radius 1 is 1.38 bits per heavy atom. The maximum absolute atomic E-state index is 12.5. The summed E-state index contributed by atoms with van der Waals surface area (Å²) in [6.07, 6.45) is 3.14. The molecule has 1 aliphatic heterocycles. The number of hydrogen-bond acceptors (Lipinski definition) is 3. The van der Waals surface area contributed by atoms with E-state index in [-0.39, 0.29) is 11.9 Å². The Hall–Kier alpha value is -1.55. The van der Waals surface area contributed by atoms with Crippen molar-refractivity contribution in [1.82, 2.24) is 4.90 Å². The van der Waals surface area contributed by atoms with Gasteiger partial charge in [0.05, 0.1) is 6.61 Å². The molecule has 0 radical (unpaired) electrons. The molecule has 2 rings (SSSR count). The molecule has 2 unspecified atom stereocenters. The molecule has 1 saturated heterocycles. The van der Waals surface area contributed by atoms with Crippen LogP contribution in [0, 0.1) is 5.92 Å². The van der Waals surface area contributed by atoms with E-state index in [1.807, 2.05) is 29.2 Å². The molecule has 1 aromatic rings. The molecule has 4 heteroatoms. The monoisotopic (exact) mass is 290 g/mol. The molecule has 0 bridgehead atoms. The minimum absolute atomic E-state index is 0.0671. The third kappa shape index (κ3) is 4.21. The molecule has 0 spiro atoms. The lowest BCUT2D eigenvalue weighted by atomic mass is 9.94. The maximum atomic E-state index is 12.5. The number of piperidine rings is 1. The molecule has 0 aromatic heterocycles. The largest absolute Gasteiger partial charge is 0.494 e. The number of rotatable bonds is 5. The highest BCUT2D eigenvalue weighted by Gasteiger charge is 2.26. The number of carbonyl (C=O) groups is 1. The normalized spacial score (nSPS) is 22.1. The van der Waals surface area contributed by atoms with Crippen molar-refractivity contribution in [3.8, 4) is 5.75 Å². The van der Waals surface area contributed by atoms with Gasteiger partial charge in [0.2, 0.25) is 0 Å². The number of carbonyl (C=O) groups excluding carboxylic acids is 1. The van der Waals surface area contributed by atoms with Crippen LogP contribution in [0.5, 0.6) is 5.75 Å². The summed E-state index contributed by atoms with van der Waals surface area (Å²) in [6, 6.07) is 7.50. The van der Waals surface area contributed by atoms with Crippen LogP contribution in [-0.4, -0.2) is 36.5 Å². The fraction of sp³-hybridized carbons (Fsp3) is 0.588. The molecule has 116 valence electrons. The van der Waals surface area contributed by atoms with E-state index in [0.717, 1.165) is 38.2 Å². The van der Waals surface area contributed by atoms with Crippen LogP contribution in [-0.2, 0) is 0 Å². The first-order valence-electron chi connectivity index (χ1n) is 7.89. The summed E-state index contributed by atoms with van der Waals surface area (Å²) in [4.78, 5) is 14.3. The summed E-state index contributed by atoms with van der Waals surface area (Å²) < 4.78 is 5.61. The number of ether oxygens (including phenoxy) is 1. The summed E-state index contributed by atoms with van der Waals surface area (Å²) in [7, 11) is 0. The lowest BCUT2D eigenvalue weighted by Gasteiger charge is -2.35. The standard InChI is InChI=1S/C17H26N2O2/c1-3-4-11-21-15-7-5-14(6-8-15)17(20)19-10-9-13(2)16(18)12-19/h5-8,13,16H,3-4,9-12,18H2,1-2H3. The smallest absolute Gasteiger partial charge is 0.253 e. The minimum atomic E-state index is 0.0671. The first-order chi connectivity index (χ1) is 10.1. The van der Waals surface area contributed by atoms with Crippen LogP contribution in [0.3, 0.4) is 0 Å². The lowest BCUT2D eigenvalue weighted by molar-refractivity contribution is 0.0672. The van der Waals surface area contributed by atoms with Gasteiger partial charge in [-0.2, -0.15) is 0 Å². The van der Waals surface area contributed by atoms with E-state index in [0.29, 0.717) is 18.0 Å². The molecule has 21 heavy (non-hydrogen) atoms. The van der Waals surface area contributed by atoms with Crippen molar-refractivity contribution in [2.24, 2.45) is 11.7 Å². The Morgan fingerprint density at radius 3 is 2.71 bits per heavy atom. The second kappa shape index (κ2) is 7.46. The van der Waals surface area contributed by atoms with Crippen LogP contribution >= 0.6 is 0 Å². The average Bonchev–Trinajstić information content (AvgIpc) is 2.50. The number of nitrogens with two attached hydrogens (primary N) is 1. The van der Waals surface area contributed by atoms with Crippen molar-refractivity contribution in [1.29, 1.82) is 0 Å². The van der Waals surface area contributed by atoms with Crippen molar-refractivity contribution in [3.05, 3.63) is 29.8 Å². The Kier molecular flexibility index (Phi) is 5.62. The van der Waals surface area contributed by atoms with Crippen LogP contribution in [0.1, 0.15) is 43.5 Å². The highest BCUT2D eigenvalue weighted by molar-refractivity contribution is 5.94. The van der Waals surface area contributed by atoms with Crippen LogP contribution in [0.25, 0.3) is 0 Å². The molecule has 1 aromatic carbocycles. The summed E-state index contributed by atoms with van der Waals surface area (Å²) in [5, 5.41) is 0. The van der Waals surface area contributed by atoms with E-state index in [4.69, 9.17) is 10.5 Å². The topological polar surface area (TPSA) is 55.6 Å². The van der Waals surface area contributed by atoms with E-state index >= 15 is 0 Å². The lowest BCUT2D eigenvalue weighted by Crippen LogP contribution is -2.49. The van der Waals surface area contributed by atoms with Gasteiger partial charge in [0.15, 0.2) is 0 Å². The van der Waals surface area contributed by atoms with E-state index in [1.54, 1.807) is 0 Å². The van der Waals surface area contributed by atoms with Gasteiger partial charge in [0.1, 0.15) is 5.75 Å². The Balaban J connectivity index is 1.93. The molecule has 1 fully saturated rings. The number of likely N-dealkylation sites (tertiary alicyclic amines) is 1. The molecular weight excluding hydrogens is 264 g/mol. The highest BCUT2D eigenvalue weighted by Crippen LogP contribution is 2.19. The highest BCUT2D eigenvalue weighted by atomic mass is 16.5. The predicted molar refractivity (Wildman–Crippen MR) is 84.5 cm³/mol. The van der Waals surface area contributed by atoms with Crippen LogP contribution < -0.4 is 10.5 Å². The maximum Gasteiger partial charge on any atom is 0.253 e. The Morgan fingerprint density at radius 2 is 2.10 bits per heavy atom. The van der Waals surface area contributed by atoms with Crippen molar-refractivity contribution < 1.29 is 9.53 Å². The zero-order valence-corrected chi connectivity index (χ0v) is 13.0. The van der Waals surface area contributed by atoms with Crippen molar-refractivity contribution in [2.45, 2.75) is 39.2 Å².